The Kier molecular flexibility index (Phi) is 4.48. The van der Waals surface area contributed by atoms with E-state index < -0.39 is 0 Å². The van der Waals surface area contributed by atoms with Gasteiger partial charge in [0.25, 0.3) is 0 Å². The van der Waals surface area contributed by atoms with Crippen LogP contribution in [0.5, 0.6) is 0 Å². The molecular weight excluding hydrogens is 99.1 g/mol. The smallest absolute Gasteiger partial charge is 0.00697 e. The van der Waals surface area contributed by atoms with Crippen molar-refractivity contribution in [1.29, 1.82) is 0 Å². The Balaban J connectivity index is 2.65. The van der Waals surface area contributed by atoms with Gasteiger partial charge in [0.15, 0.2) is 0 Å². The van der Waals surface area contributed by atoms with Crippen LogP contribution in [0.4, 0.5) is 0 Å². The van der Waals surface area contributed by atoms with Gasteiger partial charge in [-0.3, -0.25) is 0 Å². The van der Waals surface area contributed by atoms with Crippen molar-refractivity contribution in [3.63, 3.8) is 0 Å². The van der Waals surface area contributed by atoms with Gasteiger partial charge in [-0.15, -0.1) is 6.58 Å². The Bertz CT molecular complexity index is 36.2. The van der Waals surface area contributed by atoms with Crippen LogP contribution in [-0.4, -0.2) is 6.16 Å². The molecule has 0 aromatic carbocycles. The number of allylic oxidation sites excluding steroid dienone is 1. The second-order valence-electron chi connectivity index (χ2n) is 0.637. The standard InChI is InChI=1S/C3H6PS/c1-2-3-4-5/h2,4H,1,3H2. The maximum Gasteiger partial charge on any atom is 0.00697 e. The van der Waals surface area contributed by atoms with Crippen molar-refractivity contribution >= 4 is 19.2 Å². The van der Waals surface area contributed by atoms with Crippen molar-refractivity contribution in [2.24, 2.45) is 0 Å². The van der Waals surface area contributed by atoms with Crippen LogP contribution in [0.2, 0.25) is 0 Å². The second kappa shape index (κ2) is 4.26. The van der Waals surface area contributed by atoms with Gasteiger partial charge in [0.05, 0.1) is 0 Å². The third-order valence-electron chi connectivity index (χ3n) is 0.228. The summed E-state index contributed by atoms with van der Waals surface area (Å²) in [5.74, 6) is 0. The van der Waals surface area contributed by atoms with E-state index in [4.69, 9.17) is 0 Å². The van der Waals surface area contributed by atoms with E-state index in [1.807, 2.05) is 6.08 Å². The van der Waals surface area contributed by atoms with Gasteiger partial charge in [0.1, 0.15) is 0 Å². The summed E-state index contributed by atoms with van der Waals surface area (Å²) in [6.45, 7) is 3.49. The predicted octanol–water partition coefficient (Wildman–Crippen LogP) is 1.31. The maximum absolute atomic E-state index is 4.61. The van der Waals surface area contributed by atoms with Crippen molar-refractivity contribution in [3.05, 3.63) is 12.7 Å². The van der Waals surface area contributed by atoms with Gasteiger partial charge in [0.2, 0.25) is 0 Å². The van der Waals surface area contributed by atoms with E-state index in [9.17, 15) is 0 Å². The lowest BCUT2D eigenvalue weighted by Gasteiger charge is -1.63. The highest BCUT2D eigenvalue weighted by molar-refractivity contribution is 7.96. The molecule has 0 aromatic rings. The molecule has 0 spiro atoms. The Morgan fingerprint density at radius 1 is 2.00 bits per heavy atom. The van der Waals surface area contributed by atoms with Gasteiger partial charge in [-0.2, -0.15) is 0 Å². The lowest BCUT2D eigenvalue weighted by molar-refractivity contribution is 1.83. The fourth-order valence-electron chi connectivity index (χ4n) is 0.0589. The molecule has 0 saturated heterocycles. The van der Waals surface area contributed by atoms with Crippen LogP contribution in [0.3, 0.4) is 0 Å². The van der Waals surface area contributed by atoms with Crippen LogP contribution in [-0.2, 0) is 11.8 Å². The first-order chi connectivity index (χ1) is 2.41. The van der Waals surface area contributed by atoms with E-state index >= 15 is 0 Å². The van der Waals surface area contributed by atoms with Gasteiger partial charge in [-0.25, -0.2) is 0 Å². The van der Waals surface area contributed by atoms with Crippen molar-refractivity contribution in [2.75, 3.05) is 6.16 Å². The van der Waals surface area contributed by atoms with Crippen LogP contribution in [0.15, 0.2) is 12.7 Å². The SMILES string of the molecule is C=CC[PH]=S. The van der Waals surface area contributed by atoms with Crippen molar-refractivity contribution < 1.29 is 0 Å². The molecule has 0 fully saturated rings. The minimum Gasteiger partial charge on any atom is -0.102 e. The molecule has 1 unspecified atom stereocenters. The summed E-state index contributed by atoms with van der Waals surface area (Å²) in [6, 6.07) is 0. The van der Waals surface area contributed by atoms with E-state index in [1.54, 1.807) is 0 Å². The third kappa shape index (κ3) is 4.26. The van der Waals surface area contributed by atoms with Gasteiger partial charge >= 0.3 is 0 Å². The van der Waals surface area contributed by atoms with Gasteiger partial charge in [-0.05, 0) is 0 Å². The molecule has 0 aliphatic rings. The van der Waals surface area contributed by atoms with Crippen LogP contribution < -0.4 is 0 Å². The summed E-state index contributed by atoms with van der Waals surface area (Å²) in [4.78, 5) is 0. The average Bonchev–Trinajstić information content (AvgIpc) is 1.41. The minimum atomic E-state index is 0.623. The first kappa shape index (κ1) is 5.26. The fraction of sp³-hybridized carbons (Fsp3) is 0.333. The molecule has 5 heavy (non-hydrogen) atoms. The van der Waals surface area contributed by atoms with Crippen LogP contribution in [0, 0.1) is 0 Å². The van der Waals surface area contributed by atoms with E-state index in [-0.39, 0.29) is 0 Å². The number of hydrogen-bond acceptors (Lipinski definition) is 1. The zero-order valence-corrected chi connectivity index (χ0v) is 4.72. The van der Waals surface area contributed by atoms with Gasteiger partial charge in [0, 0.05) is 6.16 Å². The Hall–Kier alpha value is 0.260. The molecule has 1 radical (unpaired) electrons. The zero-order valence-electron chi connectivity index (χ0n) is 2.90. The molecule has 29 valence electrons. The zero-order chi connectivity index (χ0) is 4.12. The molecule has 0 rings (SSSR count). The maximum atomic E-state index is 4.61. The summed E-state index contributed by atoms with van der Waals surface area (Å²) in [6.07, 6.45) is 2.83. The third-order valence-corrected chi connectivity index (χ3v) is 1.18. The lowest BCUT2D eigenvalue weighted by Crippen LogP contribution is -1.47. The summed E-state index contributed by atoms with van der Waals surface area (Å²) >= 11 is 4.61. The first-order valence-corrected chi connectivity index (χ1v) is 3.71. The summed E-state index contributed by atoms with van der Waals surface area (Å²) in [5.41, 5.74) is 0. The Morgan fingerprint density at radius 3 is 2.60 bits per heavy atom. The monoisotopic (exact) mass is 105 g/mol. The highest BCUT2D eigenvalue weighted by Gasteiger charge is 1.53. The van der Waals surface area contributed by atoms with Crippen molar-refractivity contribution in [3.8, 4) is 0 Å². The van der Waals surface area contributed by atoms with E-state index in [2.05, 4.69) is 18.4 Å². The first-order valence-electron chi connectivity index (χ1n) is 1.37. The summed E-state index contributed by atoms with van der Waals surface area (Å²) in [7, 11) is 0.623. The van der Waals surface area contributed by atoms with Crippen LogP contribution in [0.1, 0.15) is 0 Å². The summed E-state index contributed by atoms with van der Waals surface area (Å²) < 4.78 is 0. The molecule has 0 nitrogen and oxygen atoms in total. The molecule has 0 aliphatic heterocycles. The molecule has 2 heteroatoms. The fourth-order valence-corrected chi connectivity index (χ4v) is 0.530. The van der Waals surface area contributed by atoms with Gasteiger partial charge < -0.3 is 0 Å². The minimum absolute atomic E-state index is 0.623. The second-order valence-corrected chi connectivity index (χ2v) is 2.20. The van der Waals surface area contributed by atoms with Crippen LogP contribution in [0.25, 0.3) is 0 Å². The topological polar surface area (TPSA) is 0 Å². The molecule has 1 atom stereocenters. The normalized spacial score (nSPS) is 8.00. The van der Waals surface area contributed by atoms with Crippen molar-refractivity contribution in [1.82, 2.24) is 0 Å². The lowest BCUT2D eigenvalue weighted by atomic mass is 10.8. The van der Waals surface area contributed by atoms with Crippen LogP contribution >= 0.6 is 7.36 Å². The van der Waals surface area contributed by atoms with Crippen molar-refractivity contribution in [2.45, 2.75) is 0 Å². The quantitative estimate of drug-likeness (QED) is 0.377. The molecule has 0 aromatic heterocycles. The number of rotatable bonds is 2. The molecular formula is C3H6PS. The number of hydrogen-bond donors (Lipinski definition) is 0. The highest BCUT2D eigenvalue weighted by atomic mass is 32.4. The Morgan fingerprint density at radius 2 is 2.60 bits per heavy atom. The largest absolute Gasteiger partial charge is 0.102 e. The Labute approximate surface area is 38.7 Å². The molecule has 0 bridgehead atoms. The summed E-state index contributed by atoms with van der Waals surface area (Å²) in [5, 5.41) is 0. The molecule has 0 heterocycles. The van der Waals surface area contributed by atoms with E-state index in [0.717, 1.165) is 6.16 Å². The average molecular weight is 105 g/mol. The highest BCUT2D eigenvalue weighted by Crippen LogP contribution is 1.87. The molecule has 0 amide bonds. The van der Waals surface area contributed by atoms with E-state index in [0.29, 0.717) is 7.36 Å². The molecule has 0 N–H and O–H groups in total. The molecule has 0 aliphatic carbocycles. The van der Waals surface area contributed by atoms with Gasteiger partial charge in [-0.1, -0.05) is 25.2 Å². The predicted molar refractivity (Wildman–Crippen MR) is 30.7 cm³/mol. The van der Waals surface area contributed by atoms with E-state index in [1.165, 1.54) is 0 Å². The molecule has 0 saturated carbocycles.